The van der Waals surface area contributed by atoms with Crippen LogP contribution in [0.25, 0.3) is 0 Å². The molecule has 1 amide bonds. The fraction of sp³-hybridized carbons (Fsp3) is 0.350. The summed E-state index contributed by atoms with van der Waals surface area (Å²) in [4.78, 5) is 24.8. The van der Waals surface area contributed by atoms with E-state index >= 15 is 0 Å². The number of thioether (sulfide) groups is 1. The minimum Gasteiger partial charge on any atom is -0.495 e. The smallest absolute Gasteiger partial charge is 0.285 e. The fourth-order valence-electron chi connectivity index (χ4n) is 3.16. The van der Waals surface area contributed by atoms with Crippen molar-refractivity contribution in [2.45, 2.75) is 37.1 Å². The van der Waals surface area contributed by atoms with Crippen LogP contribution < -0.4 is 10.1 Å². The molecule has 0 saturated heterocycles. The summed E-state index contributed by atoms with van der Waals surface area (Å²) in [5, 5.41) is 15.2. The number of carbonyl (C=O) groups is 1. The quantitative estimate of drug-likeness (QED) is 0.348. The van der Waals surface area contributed by atoms with Crippen LogP contribution in [-0.2, 0) is 5.54 Å². The first-order valence-electron chi connectivity index (χ1n) is 8.80. The second kappa shape index (κ2) is 9.30. The summed E-state index contributed by atoms with van der Waals surface area (Å²) in [6.07, 6.45) is 3.06. The van der Waals surface area contributed by atoms with Crippen LogP contribution in [0.1, 0.15) is 42.6 Å². The number of nitrogens with zero attached hydrogens (tertiary/aromatic N) is 1. The van der Waals surface area contributed by atoms with Crippen molar-refractivity contribution >= 4 is 35.0 Å². The van der Waals surface area contributed by atoms with Crippen molar-refractivity contribution in [2.75, 3.05) is 13.4 Å². The van der Waals surface area contributed by atoms with E-state index in [0.29, 0.717) is 28.5 Å². The Labute approximate surface area is 173 Å². The van der Waals surface area contributed by atoms with Gasteiger partial charge in [-0.3, -0.25) is 14.9 Å². The molecule has 0 spiro atoms. The van der Waals surface area contributed by atoms with E-state index in [1.54, 1.807) is 12.1 Å². The average Bonchev–Trinajstić information content (AvgIpc) is 2.71. The van der Waals surface area contributed by atoms with Gasteiger partial charge in [0.25, 0.3) is 11.6 Å². The van der Waals surface area contributed by atoms with E-state index < -0.39 is 16.4 Å². The molecule has 0 aliphatic heterocycles. The first-order chi connectivity index (χ1) is 13.3. The Morgan fingerprint density at radius 3 is 2.32 bits per heavy atom. The molecule has 2 rings (SSSR count). The van der Waals surface area contributed by atoms with Gasteiger partial charge >= 0.3 is 0 Å². The first-order valence-corrected chi connectivity index (χ1v) is 10.4. The molecular weight excluding hydrogens is 400 g/mol. The van der Waals surface area contributed by atoms with Crippen LogP contribution in [0, 0.1) is 10.1 Å². The lowest BCUT2D eigenvalue weighted by atomic mass is 9.84. The molecule has 150 valence electrons. The molecule has 2 aromatic rings. The molecule has 2 aromatic carbocycles. The number of nitrogens with one attached hydrogen (secondary N) is 1. The maximum Gasteiger partial charge on any atom is 0.285 e. The Morgan fingerprint density at radius 2 is 1.86 bits per heavy atom. The molecular formula is C20H23ClN2O4S. The van der Waals surface area contributed by atoms with E-state index in [0.717, 1.165) is 5.56 Å². The number of nitro benzene ring substituents is 1. The van der Waals surface area contributed by atoms with E-state index in [1.165, 1.54) is 31.0 Å². The van der Waals surface area contributed by atoms with Gasteiger partial charge in [-0.15, -0.1) is 11.8 Å². The van der Waals surface area contributed by atoms with Crippen LogP contribution in [-0.4, -0.2) is 24.2 Å². The van der Waals surface area contributed by atoms with Gasteiger partial charge in [-0.05, 0) is 42.9 Å². The van der Waals surface area contributed by atoms with Crippen molar-refractivity contribution in [1.29, 1.82) is 0 Å². The standard InChI is InChI=1S/C20H23ClN2O4S/c1-5-20(6-2,13-7-9-14(21)10-8-13)22-19(24)15-11-18(28-4)17(27-3)12-16(15)23(25)26/h7-12H,5-6H2,1-4H3,(H,22,24). The molecule has 0 bridgehead atoms. The van der Waals surface area contributed by atoms with Gasteiger partial charge < -0.3 is 10.1 Å². The number of amides is 1. The predicted octanol–water partition coefficient (Wildman–Crippen LogP) is 5.42. The largest absolute Gasteiger partial charge is 0.495 e. The minimum atomic E-state index is -0.658. The van der Waals surface area contributed by atoms with E-state index in [9.17, 15) is 14.9 Å². The SMILES string of the molecule is CCC(CC)(NC(=O)c1cc(SC)c(OC)cc1[N+](=O)[O-])c1ccc(Cl)cc1. The van der Waals surface area contributed by atoms with Gasteiger partial charge in [0.1, 0.15) is 11.3 Å². The molecule has 0 unspecified atom stereocenters. The third kappa shape index (κ3) is 4.42. The van der Waals surface area contributed by atoms with Crippen LogP contribution >= 0.6 is 23.4 Å². The number of nitro groups is 1. The van der Waals surface area contributed by atoms with Crippen molar-refractivity contribution in [3.05, 3.63) is 62.7 Å². The highest BCUT2D eigenvalue weighted by Crippen LogP contribution is 2.36. The number of benzene rings is 2. The van der Waals surface area contributed by atoms with E-state index in [-0.39, 0.29) is 11.3 Å². The maximum atomic E-state index is 13.1. The molecule has 6 nitrogen and oxygen atoms in total. The topological polar surface area (TPSA) is 81.5 Å². The van der Waals surface area contributed by atoms with E-state index in [1.807, 2.05) is 32.2 Å². The van der Waals surface area contributed by atoms with Crippen LogP contribution in [0.5, 0.6) is 5.75 Å². The first kappa shape index (κ1) is 22.0. The number of hydrogen-bond acceptors (Lipinski definition) is 5. The van der Waals surface area contributed by atoms with Gasteiger partial charge in [-0.1, -0.05) is 37.6 Å². The van der Waals surface area contributed by atoms with E-state index in [2.05, 4.69) is 5.32 Å². The molecule has 0 fully saturated rings. The molecule has 1 N–H and O–H groups in total. The molecule has 0 aromatic heterocycles. The maximum absolute atomic E-state index is 13.1. The summed E-state index contributed by atoms with van der Waals surface area (Å²) in [5.74, 6) is -0.131. The van der Waals surface area contributed by atoms with Gasteiger partial charge in [0.2, 0.25) is 0 Å². The number of rotatable bonds is 8. The zero-order chi connectivity index (χ0) is 20.9. The van der Waals surface area contributed by atoms with Gasteiger partial charge in [0.15, 0.2) is 0 Å². The van der Waals surface area contributed by atoms with Crippen LogP contribution in [0.2, 0.25) is 5.02 Å². The zero-order valence-corrected chi connectivity index (χ0v) is 17.8. The highest BCUT2D eigenvalue weighted by Gasteiger charge is 2.33. The molecule has 0 radical (unpaired) electrons. The van der Waals surface area contributed by atoms with Crippen molar-refractivity contribution in [3.8, 4) is 5.75 Å². The second-order valence-corrected chi connectivity index (χ2v) is 7.52. The number of carbonyl (C=O) groups excluding carboxylic acids is 1. The molecule has 0 aliphatic rings. The lowest BCUT2D eigenvalue weighted by Crippen LogP contribution is -2.45. The van der Waals surface area contributed by atoms with Crippen LogP contribution in [0.15, 0.2) is 41.3 Å². The van der Waals surface area contributed by atoms with Crippen molar-refractivity contribution in [3.63, 3.8) is 0 Å². The fourth-order valence-corrected chi connectivity index (χ4v) is 3.87. The molecule has 0 atom stereocenters. The van der Waals surface area contributed by atoms with E-state index in [4.69, 9.17) is 16.3 Å². The van der Waals surface area contributed by atoms with Crippen molar-refractivity contribution in [1.82, 2.24) is 5.32 Å². The lowest BCUT2D eigenvalue weighted by Gasteiger charge is -2.33. The predicted molar refractivity (Wildman–Crippen MR) is 113 cm³/mol. The Bertz CT molecular complexity index is 867. The van der Waals surface area contributed by atoms with Gasteiger partial charge in [0, 0.05) is 5.02 Å². The summed E-state index contributed by atoms with van der Waals surface area (Å²) in [6.45, 7) is 3.93. The third-order valence-electron chi connectivity index (χ3n) is 4.90. The molecule has 0 aliphatic carbocycles. The number of ether oxygens (including phenoxy) is 1. The normalized spacial score (nSPS) is 11.2. The Morgan fingerprint density at radius 1 is 1.25 bits per heavy atom. The van der Waals surface area contributed by atoms with Gasteiger partial charge in [0.05, 0.1) is 28.5 Å². The van der Waals surface area contributed by atoms with Crippen molar-refractivity contribution < 1.29 is 14.5 Å². The van der Waals surface area contributed by atoms with Crippen LogP contribution in [0.4, 0.5) is 5.69 Å². The summed E-state index contributed by atoms with van der Waals surface area (Å²) in [5.41, 5.74) is -0.0362. The number of methoxy groups -OCH3 is 1. The lowest BCUT2D eigenvalue weighted by molar-refractivity contribution is -0.385. The molecule has 28 heavy (non-hydrogen) atoms. The Hall–Kier alpha value is -2.25. The molecule has 0 saturated carbocycles. The number of hydrogen-bond donors (Lipinski definition) is 1. The highest BCUT2D eigenvalue weighted by molar-refractivity contribution is 7.98. The second-order valence-electron chi connectivity index (χ2n) is 6.23. The molecule has 8 heteroatoms. The third-order valence-corrected chi connectivity index (χ3v) is 5.91. The minimum absolute atomic E-state index is 0.00962. The molecule has 0 heterocycles. The van der Waals surface area contributed by atoms with Crippen molar-refractivity contribution in [2.24, 2.45) is 0 Å². The summed E-state index contributed by atoms with van der Waals surface area (Å²) < 4.78 is 5.22. The summed E-state index contributed by atoms with van der Waals surface area (Å²) >= 11 is 7.35. The Balaban J connectivity index is 2.51. The zero-order valence-electron chi connectivity index (χ0n) is 16.2. The highest BCUT2D eigenvalue weighted by atomic mass is 35.5. The Kier molecular flexibility index (Phi) is 7.32. The van der Waals surface area contributed by atoms with Crippen LogP contribution in [0.3, 0.4) is 0 Å². The summed E-state index contributed by atoms with van der Waals surface area (Å²) in [6, 6.07) is 10.1. The monoisotopic (exact) mass is 422 g/mol. The average molecular weight is 423 g/mol. The van der Waals surface area contributed by atoms with Gasteiger partial charge in [-0.2, -0.15) is 0 Å². The van der Waals surface area contributed by atoms with Gasteiger partial charge in [-0.25, -0.2) is 0 Å². The summed E-state index contributed by atoms with van der Waals surface area (Å²) in [7, 11) is 1.44. The number of halogens is 1.